The average molecular weight is 463 g/mol. The number of hydrogen-bond acceptors (Lipinski definition) is 2. The maximum Gasteiger partial charge on any atom is 0.416 e. The molecule has 0 aliphatic carbocycles. The number of aromatic nitrogens is 2. The number of hydrogen-bond donors (Lipinski definition) is 0. The molecule has 1 aromatic heterocycles. The number of halogens is 6. The van der Waals surface area contributed by atoms with Crippen LogP contribution in [0.15, 0.2) is 72.9 Å². The Morgan fingerprint density at radius 3 is 1.82 bits per heavy atom. The van der Waals surface area contributed by atoms with Gasteiger partial charge >= 0.3 is 12.4 Å². The first-order valence-electron chi connectivity index (χ1n) is 10.00. The highest BCUT2D eigenvalue weighted by atomic mass is 19.4. The van der Waals surface area contributed by atoms with Crippen LogP contribution in [0.1, 0.15) is 22.3 Å². The average Bonchev–Trinajstić information content (AvgIpc) is 3.12. The van der Waals surface area contributed by atoms with Gasteiger partial charge in [-0.15, -0.1) is 0 Å². The number of anilines is 1. The molecular formula is C24H19F6N3. The van der Waals surface area contributed by atoms with Crippen LogP contribution in [0.3, 0.4) is 0 Å². The van der Waals surface area contributed by atoms with E-state index in [9.17, 15) is 26.3 Å². The molecule has 0 bridgehead atoms. The lowest BCUT2D eigenvalue weighted by molar-refractivity contribution is -0.138. The van der Waals surface area contributed by atoms with Crippen molar-refractivity contribution in [3.8, 4) is 0 Å². The standard InChI is InChI=1S/C24H19F6N3/c1-32-15-18-12-21(8-9-22(18)31-32)33(13-16-4-2-6-19(10-16)23(25,26)27)14-17-5-3-7-20(11-17)24(28,29)30/h2-12,15H,13-14H2,1H3. The summed E-state index contributed by atoms with van der Waals surface area (Å²) in [7, 11) is 1.77. The first-order valence-corrected chi connectivity index (χ1v) is 10.00. The zero-order valence-electron chi connectivity index (χ0n) is 17.5. The molecule has 0 spiro atoms. The molecule has 0 amide bonds. The molecule has 3 nitrogen and oxygen atoms in total. The molecule has 0 unspecified atom stereocenters. The molecule has 0 saturated carbocycles. The Bertz CT molecular complexity index is 1210. The molecule has 9 heteroatoms. The maximum absolute atomic E-state index is 13.2. The second-order valence-electron chi connectivity index (χ2n) is 7.80. The van der Waals surface area contributed by atoms with Gasteiger partial charge in [-0.05, 0) is 53.6 Å². The van der Waals surface area contributed by atoms with Crippen molar-refractivity contribution in [1.29, 1.82) is 0 Å². The van der Waals surface area contributed by atoms with Crippen LogP contribution in [0.5, 0.6) is 0 Å². The molecule has 0 N–H and O–H groups in total. The minimum absolute atomic E-state index is 0.0753. The van der Waals surface area contributed by atoms with Crippen LogP contribution in [-0.4, -0.2) is 9.78 Å². The molecule has 33 heavy (non-hydrogen) atoms. The highest BCUT2D eigenvalue weighted by Gasteiger charge is 2.31. The highest BCUT2D eigenvalue weighted by molar-refractivity contribution is 5.82. The molecule has 1 heterocycles. The van der Waals surface area contributed by atoms with Crippen molar-refractivity contribution in [3.63, 3.8) is 0 Å². The summed E-state index contributed by atoms with van der Waals surface area (Å²) < 4.78 is 80.7. The SMILES string of the molecule is Cn1cc2cc(N(Cc3cccc(C(F)(F)F)c3)Cc3cccc(C(F)(F)F)c3)ccc2n1. The maximum atomic E-state index is 13.2. The molecule has 0 aliphatic rings. The van der Waals surface area contributed by atoms with Crippen LogP contribution < -0.4 is 4.90 Å². The summed E-state index contributed by atoms with van der Waals surface area (Å²) in [4.78, 5) is 1.75. The lowest BCUT2D eigenvalue weighted by atomic mass is 10.1. The smallest absolute Gasteiger partial charge is 0.363 e. The Kier molecular flexibility index (Phi) is 5.82. The molecule has 0 aliphatic heterocycles. The van der Waals surface area contributed by atoms with Crippen LogP contribution in [-0.2, 0) is 32.5 Å². The Morgan fingerprint density at radius 2 is 1.30 bits per heavy atom. The quantitative estimate of drug-likeness (QED) is 0.303. The number of benzene rings is 3. The minimum Gasteiger partial charge on any atom is -0.363 e. The van der Waals surface area contributed by atoms with Crippen molar-refractivity contribution in [2.45, 2.75) is 25.4 Å². The van der Waals surface area contributed by atoms with Crippen LogP contribution >= 0.6 is 0 Å². The van der Waals surface area contributed by atoms with Gasteiger partial charge in [0, 0.05) is 37.4 Å². The lowest BCUT2D eigenvalue weighted by Crippen LogP contribution is -2.22. The second-order valence-corrected chi connectivity index (χ2v) is 7.80. The fourth-order valence-corrected chi connectivity index (χ4v) is 3.70. The predicted octanol–water partition coefficient (Wildman–Crippen LogP) is 6.82. The Labute approximate surface area is 185 Å². The van der Waals surface area contributed by atoms with Gasteiger partial charge in [-0.2, -0.15) is 31.4 Å². The van der Waals surface area contributed by atoms with E-state index in [1.54, 1.807) is 47.1 Å². The molecule has 0 radical (unpaired) electrons. The first kappa shape index (κ1) is 22.7. The zero-order chi connectivity index (χ0) is 23.8. The van der Waals surface area contributed by atoms with E-state index in [1.165, 1.54) is 12.1 Å². The van der Waals surface area contributed by atoms with E-state index in [1.807, 2.05) is 6.07 Å². The first-order chi connectivity index (χ1) is 15.5. The molecule has 0 saturated heterocycles. The largest absolute Gasteiger partial charge is 0.416 e. The number of rotatable bonds is 5. The van der Waals surface area contributed by atoms with Crippen LogP contribution in [0, 0.1) is 0 Å². The lowest BCUT2D eigenvalue weighted by Gasteiger charge is -2.26. The van der Waals surface area contributed by atoms with Gasteiger partial charge in [0.05, 0.1) is 16.6 Å². The predicted molar refractivity (Wildman–Crippen MR) is 113 cm³/mol. The second kappa shape index (κ2) is 8.46. The van der Waals surface area contributed by atoms with E-state index in [0.717, 1.165) is 35.2 Å². The van der Waals surface area contributed by atoms with Gasteiger partial charge in [-0.1, -0.05) is 24.3 Å². The molecule has 3 aromatic carbocycles. The van der Waals surface area contributed by atoms with E-state index in [0.29, 0.717) is 16.8 Å². The topological polar surface area (TPSA) is 21.1 Å². The van der Waals surface area contributed by atoms with Crippen molar-refractivity contribution in [2.24, 2.45) is 7.05 Å². The summed E-state index contributed by atoms with van der Waals surface area (Å²) in [6.07, 6.45) is -7.18. The summed E-state index contributed by atoms with van der Waals surface area (Å²) >= 11 is 0. The van der Waals surface area contributed by atoms with Crippen molar-refractivity contribution in [3.05, 3.63) is 95.2 Å². The van der Waals surface area contributed by atoms with E-state index in [2.05, 4.69) is 5.10 Å². The molecule has 0 atom stereocenters. The highest BCUT2D eigenvalue weighted by Crippen LogP contribution is 2.32. The van der Waals surface area contributed by atoms with Crippen LogP contribution in [0.25, 0.3) is 10.9 Å². The summed E-state index contributed by atoms with van der Waals surface area (Å²) in [5.41, 5.74) is 0.624. The van der Waals surface area contributed by atoms with Gasteiger partial charge < -0.3 is 4.90 Å². The van der Waals surface area contributed by atoms with Crippen molar-refractivity contribution in [1.82, 2.24) is 9.78 Å². The van der Waals surface area contributed by atoms with Gasteiger partial charge in [0.15, 0.2) is 0 Å². The van der Waals surface area contributed by atoms with Crippen molar-refractivity contribution in [2.75, 3.05) is 4.90 Å². The third-order valence-corrected chi connectivity index (χ3v) is 5.22. The normalized spacial score (nSPS) is 12.3. The number of aryl methyl sites for hydroxylation is 1. The van der Waals surface area contributed by atoms with E-state index in [-0.39, 0.29) is 13.1 Å². The summed E-state index contributed by atoms with van der Waals surface area (Å²) in [5.74, 6) is 0. The Balaban J connectivity index is 1.72. The zero-order valence-corrected chi connectivity index (χ0v) is 17.5. The van der Waals surface area contributed by atoms with Gasteiger partial charge in [0.2, 0.25) is 0 Å². The molecule has 4 aromatic rings. The molecule has 172 valence electrons. The summed E-state index contributed by atoms with van der Waals surface area (Å²) in [6.45, 7) is 0.151. The van der Waals surface area contributed by atoms with Crippen LogP contribution in [0.4, 0.5) is 32.0 Å². The number of nitrogens with zero attached hydrogens (tertiary/aromatic N) is 3. The molecule has 0 fully saturated rings. The Hall–Kier alpha value is -3.49. The van der Waals surface area contributed by atoms with Crippen molar-refractivity contribution >= 4 is 16.6 Å². The van der Waals surface area contributed by atoms with E-state index < -0.39 is 23.5 Å². The fourth-order valence-electron chi connectivity index (χ4n) is 3.70. The third-order valence-electron chi connectivity index (χ3n) is 5.22. The van der Waals surface area contributed by atoms with Crippen molar-refractivity contribution < 1.29 is 26.3 Å². The van der Waals surface area contributed by atoms with E-state index in [4.69, 9.17) is 0 Å². The van der Waals surface area contributed by atoms with Gasteiger partial charge in [-0.3, -0.25) is 4.68 Å². The van der Waals surface area contributed by atoms with Gasteiger partial charge in [0.1, 0.15) is 0 Å². The fraction of sp³-hybridized carbons (Fsp3) is 0.208. The summed E-state index contributed by atoms with van der Waals surface area (Å²) in [6, 6.07) is 15.2. The molecular weight excluding hydrogens is 444 g/mol. The number of alkyl halides is 6. The summed E-state index contributed by atoms with van der Waals surface area (Å²) in [5, 5.41) is 5.12. The van der Waals surface area contributed by atoms with Gasteiger partial charge in [0.25, 0.3) is 0 Å². The van der Waals surface area contributed by atoms with Gasteiger partial charge in [-0.25, -0.2) is 0 Å². The monoisotopic (exact) mass is 463 g/mol. The number of fused-ring (bicyclic) bond motifs is 1. The third kappa shape index (κ3) is 5.30. The van der Waals surface area contributed by atoms with E-state index >= 15 is 0 Å². The Morgan fingerprint density at radius 1 is 0.758 bits per heavy atom. The molecule has 4 rings (SSSR count). The minimum atomic E-state index is -4.49. The van der Waals surface area contributed by atoms with Crippen LogP contribution in [0.2, 0.25) is 0 Å².